The topological polar surface area (TPSA) is 162 Å². The van der Waals surface area contributed by atoms with Crippen molar-refractivity contribution in [2.24, 2.45) is 0 Å². The van der Waals surface area contributed by atoms with Gasteiger partial charge in [-0.15, -0.1) is 0 Å². The Bertz CT molecular complexity index is 1640. The average Bonchev–Trinajstić information content (AvgIpc) is 2.89. The van der Waals surface area contributed by atoms with Crippen LogP contribution >= 0.6 is 7.82 Å². The highest BCUT2D eigenvalue weighted by Crippen LogP contribution is 2.35. The maximum Gasteiger partial charge on any atom is 0.466 e. The van der Waals surface area contributed by atoms with Crippen molar-refractivity contribution in [1.82, 2.24) is 0 Å². The molecule has 1 aliphatic heterocycles. The van der Waals surface area contributed by atoms with E-state index >= 15 is 0 Å². The van der Waals surface area contributed by atoms with Crippen molar-refractivity contribution < 1.29 is 43.8 Å². The van der Waals surface area contributed by atoms with E-state index < -0.39 is 19.8 Å². The minimum atomic E-state index is -4.64. The van der Waals surface area contributed by atoms with E-state index in [0.29, 0.717) is 10.8 Å². The van der Waals surface area contributed by atoms with E-state index in [1.165, 1.54) is 23.3 Å². The molecule has 1 aliphatic rings. The quantitative estimate of drug-likeness (QED) is 0.133. The molecule has 0 amide bonds. The fraction of sp³-hybridized carbons (Fsp3) is 0.0345. The first-order valence-corrected chi connectivity index (χ1v) is 13.1. The van der Waals surface area contributed by atoms with Crippen molar-refractivity contribution >= 4 is 41.3 Å². The number of benzene rings is 5. The van der Waals surface area contributed by atoms with Gasteiger partial charge in [0.1, 0.15) is 11.5 Å². The lowest BCUT2D eigenvalue weighted by Gasteiger charge is -2.19. The van der Waals surface area contributed by atoms with E-state index in [-0.39, 0.29) is 11.1 Å². The minimum absolute atomic E-state index is 0.185. The summed E-state index contributed by atoms with van der Waals surface area (Å²) in [6.07, 6.45) is 0.979. The Balaban J connectivity index is 0.000000161. The van der Waals surface area contributed by atoms with E-state index in [1.54, 1.807) is 24.3 Å². The van der Waals surface area contributed by atoms with Crippen molar-refractivity contribution in [3.05, 3.63) is 119 Å². The molecular formula is C29H23O9P. The number of rotatable bonds is 2. The van der Waals surface area contributed by atoms with Gasteiger partial charge >= 0.3 is 19.8 Å². The predicted molar refractivity (Wildman–Crippen MR) is 145 cm³/mol. The summed E-state index contributed by atoms with van der Waals surface area (Å²) in [5.74, 6) is -0.0137. The first-order valence-electron chi connectivity index (χ1n) is 11.5. The van der Waals surface area contributed by atoms with E-state index in [1.807, 2.05) is 36.4 Å². The first-order chi connectivity index (χ1) is 18.5. The minimum Gasteiger partial charge on any atom is -0.478 e. The van der Waals surface area contributed by atoms with Crippen LogP contribution in [0, 0.1) is 0 Å². The second kappa shape index (κ2) is 11.5. The molecular weight excluding hydrogens is 523 g/mol. The van der Waals surface area contributed by atoms with Crippen molar-refractivity contribution in [3.63, 3.8) is 0 Å². The second-order valence-corrected chi connectivity index (χ2v) is 9.59. The van der Waals surface area contributed by atoms with Crippen LogP contribution in [0.4, 0.5) is 0 Å². The number of phosphoric acid groups is 1. The van der Waals surface area contributed by atoms with Gasteiger partial charge in [0.05, 0.1) is 11.1 Å². The van der Waals surface area contributed by atoms with Crippen LogP contribution in [0.3, 0.4) is 0 Å². The fourth-order valence-corrected chi connectivity index (χ4v) is 4.17. The molecule has 0 radical (unpaired) electrons. The Morgan fingerprint density at radius 2 is 1.23 bits per heavy atom. The van der Waals surface area contributed by atoms with Gasteiger partial charge in [0.25, 0.3) is 0 Å². The SMILES string of the molecule is O=C(O)c1ccc2cc3cccc(C(=O)O)c3cc2c1.O=P(O)(O)O.c1ccc2c(c1)Cc1ccccc1O2. The zero-order valence-corrected chi connectivity index (χ0v) is 21.2. The van der Waals surface area contributed by atoms with Crippen LogP contribution in [-0.4, -0.2) is 36.8 Å². The molecule has 0 unspecified atom stereocenters. The third-order valence-electron chi connectivity index (χ3n) is 5.86. The van der Waals surface area contributed by atoms with Crippen LogP contribution in [0.2, 0.25) is 0 Å². The lowest BCUT2D eigenvalue weighted by Crippen LogP contribution is -2.01. The van der Waals surface area contributed by atoms with Gasteiger partial charge < -0.3 is 29.6 Å². The molecule has 0 aromatic heterocycles. The molecule has 0 spiro atoms. The summed E-state index contributed by atoms with van der Waals surface area (Å²) in [4.78, 5) is 43.8. The summed E-state index contributed by atoms with van der Waals surface area (Å²) < 4.78 is 14.7. The highest BCUT2D eigenvalue weighted by Gasteiger charge is 2.15. The molecule has 0 aliphatic carbocycles. The molecule has 1 heterocycles. The maximum absolute atomic E-state index is 11.2. The third kappa shape index (κ3) is 7.07. The fourth-order valence-electron chi connectivity index (χ4n) is 4.17. The van der Waals surface area contributed by atoms with Gasteiger partial charge in [-0.05, 0) is 75.1 Å². The molecule has 39 heavy (non-hydrogen) atoms. The highest BCUT2D eigenvalue weighted by molar-refractivity contribution is 7.45. The monoisotopic (exact) mass is 546 g/mol. The van der Waals surface area contributed by atoms with Gasteiger partial charge in [-0.1, -0.05) is 54.6 Å². The summed E-state index contributed by atoms with van der Waals surface area (Å²) in [5, 5.41) is 21.2. The molecule has 6 rings (SSSR count). The largest absolute Gasteiger partial charge is 0.478 e. The average molecular weight is 546 g/mol. The Hall–Kier alpha value is -4.53. The number of hydrogen-bond acceptors (Lipinski definition) is 4. The van der Waals surface area contributed by atoms with Crippen molar-refractivity contribution in [3.8, 4) is 11.5 Å². The number of aromatic carboxylic acids is 2. The van der Waals surface area contributed by atoms with Crippen LogP contribution in [0.25, 0.3) is 21.5 Å². The molecule has 0 fully saturated rings. The molecule has 0 saturated carbocycles. The number of hydrogen-bond donors (Lipinski definition) is 5. The third-order valence-corrected chi connectivity index (χ3v) is 5.86. The summed E-state index contributed by atoms with van der Waals surface area (Å²) in [6, 6.07) is 29.9. The molecule has 0 bridgehead atoms. The highest BCUT2D eigenvalue weighted by atomic mass is 31.2. The molecule has 5 N–H and O–H groups in total. The Kier molecular flexibility index (Phi) is 8.09. The zero-order chi connectivity index (χ0) is 28.2. The van der Waals surface area contributed by atoms with Crippen molar-refractivity contribution in [2.45, 2.75) is 6.42 Å². The van der Waals surface area contributed by atoms with Crippen LogP contribution in [0.5, 0.6) is 11.5 Å². The van der Waals surface area contributed by atoms with Crippen LogP contribution in [-0.2, 0) is 11.0 Å². The predicted octanol–water partition coefficient (Wildman–Crippen LogP) is 5.84. The van der Waals surface area contributed by atoms with Crippen LogP contribution in [0.1, 0.15) is 31.8 Å². The van der Waals surface area contributed by atoms with Gasteiger partial charge in [-0.25, -0.2) is 14.2 Å². The number of carboxylic acids is 2. The number of carbonyl (C=O) groups is 2. The van der Waals surface area contributed by atoms with Gasteiger partial charge in [-0.3, -0.25) is 0 Å². The van der Waals surface area contributed by atoms with Gasteiger partial charge in [0, 0.05) is 6.42 Å². The lowest BCUT2D eigenvalue weighted by molar-refractivity contribution is 0.0687. The van der Waals surface area contributed by atoms with Crippen molar-refractivity contribution in [2.75, 3.05) is 0 Å². The standard InChI is InChI=1S/C16H10O4.C13H10O.H3O4P/c17-15(18)11-5-4-9-6-10-2-1-3-13(16(19)20)14(10)8-12(9)7-11;1-3-7-12-10(5-1)9-11-6-2-4-8-13(11)14-12;1-5(2,3)4/h1-8H,(H,17,18)(H,19,20);1-8H,9H2;(H3,1,2,3,4). The Morgan fingerprint density at radius 1 is 0.641 bits per heavy atom. The normalized spacial score (nSPS) is 11.6. The number of carboxylic acid groups (broad SMARTS) is 2. The molecule has 10 heteroatoms. The molecule has 0 saturated heterocycles. The van der Waals surface area contributed by atoms with Gasteiger partial charge in [0.15, 0.2) is 0 Å². The van der Waals surface area contributed by atoms with E-state index in [0.717, 1.165) is 28.7 Å². The van der Waals surface area contributed by atoms with Crippen molar-refractivity contribution in [1.29, 1.82) is 0 Å². The molecule has 198 valence electrons. The summed E-state index contributed by atoms with van der Waals surface area (Å²) in [7, 11) is -4.64. The Labute approximate surface area is 222 Å². The van der Waals surface area contributed by atoms with Gasteiger partial charge in [-0.2, -0.15) is 0 Å². The first kappa shape index (κ1) is 27.5. The lowest BCUT2D eigenvalue weighted by atomic mass is 9.98. The van der Waals surface area contributed by atoms with E-state index in [4.69, 9.17) is 29.1 Å². The van der Waals surface area contributed by atoms with E-state index in [2.05, 4.69) is 24.3 Å². The van der Waals surface area contributed by atoms with Gasteiger partial charge in [0.2, 0.25) is 0 Å². The zero-order valence-electron chi connectivity index (χ0n) is 20.3. The van der Waals surface area contributed by atoms with Crippen LogP contribution < -0.4 is 4.74 Å². The molecule has 0 atom stereocenters. The van der Waals surface area contributed by atoms with E-state index in [9.17, 15) is 14.7 Å². The van der Waals surface area contributed by atoms with Crippen LogP contribution in [0.15, 0.2) is 97.1 Å². The Morgan fingerprint density at radius 3 is 1.79 bits per heavy atom. The number of para-hydroxylation sites is 2. The molecule has 9 nitrogen and oxygen atoms in total. The molecule has 5 aromatic rings. The summed E-state index contributed by atoms with van der Waals surface area (Å²) >= 11 is 0. The second-order valence-electron chi connectivity index (χ2n) is 8.56. The maximum atomic E-state index is 11.2. The number of ether oxygens (including phenoxy) is 1. The summed E-state index contributed by atoms with van der Waals surface area (Å²) in [6.45, 7) is 0. The number of fused-ring (bicyclic) bond motifs is 4. The smallest absolute Gasteiger partial charge is 0.466 e. The summed E-state index contributed by atoms with van der Waals surface area (Å²) in [5.41, 5.74) is 2.94. The molecule has 5 aromatic carbocycles.